The number of aromatic nitrogens is 4. The van der Waals surface area contributed by atoms with Gasteiger partial charge in [0.25, 0.3) is 5.91 Å². The van der Waals surface area contributed by atoms with E-state index in [1.807, 2.05) is 30.6 Å². The van der Waals surface area contributed by atoms with Gasteiger partial charge in [0.05, 0.1) is 30.6 Å². The normalized spacial score (nSPS) is 17.7. The van der Waals surface area contributed by atoms with Crippen molar-refractivity contribution in [2.45, 2.75) is 19.1 Å². The summed E-state index contributed by atoms with van der Waals surface area (Å²) in [4.78, 5) is 24.2. The van der Waals surface area contributed by atoms with E-state index in [0.717, 1.165) is 55.1 Å². The molecule has 10 heteroatoms. The predicted molar refractivity (Wildman–Crippen MR) is 145 cm³/mol. The minimum Gasteiger partial charge on any atom is -0.470 e. The van der Waals surface area contributed by atoms with Gasteiger partial charge >= 0.3 is 0 Å². The van der Waals surface area contributed by atoms with Crippen molar-refractivity contribution in [3.63, 3.8) is 0 Å². The number of hydrogen-bond donors (Lipinski definition) is 2. The van der Waals surface area contributed by atoms with Gasteiger partial charge in [-0.05, 0) is 47.5 Å². The van der Waals surface area contributed by atoms with Gasteiger partial charge in [-0.15, -0.1) is 0 Å². The Morgan fingerprint density at radius 1 is 1.13 bits per heavy atom. The van der Waals surface area contributed by atoms with Crippen LogP contribution in [-0.2, 0) is 11.3 Å². The fourth-order valence-corrected chi connectivity index (χ4v) is 4.68. The van der Waals surface area contributed by atoms with Gasteiger partial charge in [-0.25, -0.2) is 9.37 Å². The lowest BCUT2D eigenvalue weighted by Gasteiger charge is -2.26. The van der Waals surface area contributed by atoms with Crippen LogP contribution >= 0.6 is 0 Å². The van der Waals surface area contributed by atoms with E-state index in [1.165, 1.54) is 18.3 Å². The highest BCUT2D eigenvalue weighted by Gasteiger charge is 2.17. The molecule has 0 bridgehead atoms. The van der Waals surface area contributed by atoms with Crippen LogP contribution in [0.1, 0.15) is 22.5 Å². The maximum atomic E-state index is 13.4. The second-order valence-electron chi connectivity index (χ2n) is 9.49. The lowest BCUT2D eigenvalue weighted by molar-refractivity contribution is 0.0341. The summed E-state index contributed by atoms with van der Waals surface area (Å²) in [6.07, 6.45) is 9.90. The highest BCUT2D eigenvalue weighted by atomic mass is 19.1. The number of benzene rings is 1. The van der Waals surface area contributed by atoms with Crippen LogP contribution in [0.4, 0.5) is 10.1 Å². The first-order valence-electron chi connectivity index (χ1n) is 12.8. The molecular weight excluding hydrogens is 499 g/mol. The number of nitrogens with one attached hydrogen (secondary N) is 2. The lowest BCUT2D eigenvalue weighted by atomic mass is 10.0. The van der Waals surface area contributed by atoms with E-state index in [2.05, 4.69) is 36.4 Å². The van der Waals surface area contributed by atoms with Gasteiger partial charge in [0.1, 0.15) is 11.9 Å². The van der Waals surface area contributed by atoms with Gasteiger partial charge in [-0.3, -0.25) is 19.8 Å². The Morgan fingerprint density at radius 3 is 2.85 bits per heavy atom. The number of pyridine rings is 2. The summed E-state index contributed by atoms with van der Waals surface area (Å²) < 4.78 is 24.6. The van der Waals surface area contributed by atoms with E-state index < -0.39 is 6.10 Å². The zero-order valence-corrected chi connectivity index (χ0v) is 21.1. The number of aromatic amines is 1. The number of nitrogens with zero attached hydrogens (tertiary/aromatic N) is 4. The van der Waals surface area contributed by atoms with Gasteiger partial charge in [0, 0.05) is 55.5 Å². The van der Waals surface area contributed by atoms with Gasteiger partial charge in [0.15, 0.2) is 5.69 Å². The first-order valence-corrected chi connectivity index (χ1v) is 12.8. The topological polar surface area (TPSA) is 105 Å². The molecule has 0 radical (unpaired) electrons. The SMILES string of the molecule is O=C(Nc1ccc(OC2C=C(F)C=CC2)nc1)c1n[nH]c2ccc(-c3cncc(CN4CCOCC4)c3)cc12. The molecule has 2 aliphatic rings. The Kier molecular flexibility index (Phi) is 7.11. The molecule has 4 heterocycles. The quantitative estimate of drug-likeness (QED) is 0.361. The molecule has 0 saturated carbocycles. The maximum Gasteiger partial charge on any atom is 0.276 e. The summed E-state index contributed by atoms with van der Waals surface area (Å²) in [7, 11) is 0. The summed E-state index contributed by atoms with van der Waals surface area (Å²) in [5, 5.41) is 10.7. The predicted octanol–water partition coefficient (Wildman–Crippen LogP) is 4.67. The molecule has 1 aliphatic heterocycles. The number of amides is 1. The van der Waals surface area contributed by atoms with Crippen molar-refractivity contribution in [2.75, 3.05) is 31.6 Å². The molecule has 1 amide bonds. The van der Waals surface area contributed by atoms with E-state index in [1.54, 1.807) is 18.2 Å². The van der Waals surface area contributed by atoms with Crippen LogP contribution < -0.4 is 10.1 Å². The molecule has 198 valence electrons. The number of H-pyrrole nitrogens is 1. The van der Waals surface area contributed by atoms with Crippen molar-refractivity contribution in [2.24, 2.45) is 0 Å². The minimum atomic E-state index is -0.414. The molecule has 0 spiro atoms. The summed E-state index contributed by atoms with van der Waals surface area (Å²) in [6.45, 7) is 4.13. The third-order valence-corrected chi connectivity index (χ3v) is 6.67. The van der Waals surface area contributed by atoms with Crippen LogP contribution in [0.15, 0.2) is 79.0 Å². The fraction of sp³-hybridized carbons (Fsp3) is 0.241. The van der Waals surface area contributed by atoms with Crippen LogP contribution in [0.3, 0.4) is 0 Å². The van der Waals surface area contributed by atoms with Crippen molar-refractivity contribution >= 4 is 22.5 Å². The smallest absolute Gasteiger partial charge is 0.276 e. The van der Waals surface area contributed by atoms with E-state index >= 15 is 0 Å². The molecular formula is C29H27FN6O3. The number of hydrogen-bond acceptors (Lipinski definition) is 7. The Morgan fingerprint density at radius 2 is 2.03 bits per heavy atom. The highest BCUT2D eigenvalue weighted by Crippen LogP contribution is 2.27. The van der Waals surface area contributed by atoms with Crippen LogP contribution in [0.25, 0.3) is 22.0 Å². The second-order valence-corrected chi connectivity index (χ2v) is 9.49. The van der Waals surface area contributed by atoms with Crippen LogP contribution in [0, 0.1) is 0 Å². The lowest BCUT2D eigenvalue weighted by Crippen LogP contribution is -2.35. The molecule has 1 fully saturated rings. The first kappa shape index (κ1) is 24.9. The molecule has 6 rings (SSSR count). The molecule has 9 nitrogen and oxygen atoms in total. The van der Waals surface area contributed by atoms with Crippen LogP contribution in [0.5, 0.6) is 5.88 Å². The summed E-state index contributed by atoms with van der Waals surface area (Å²) >= 11 is 0. The van der Waals surface area contributed by atoms with Crippen molar-refractivity contribution in [1.29, 1.82) is 0 Å². The Balaban J connectivity index is 1.16. The molecule has 2 N–H and O–H groups in total. The number of rotatable bonds is 7. The Bertz CT molecular complexity index is 1540. The van der Waals surface area contributed by atoms with Crippen molar-refractivity contribution in [3.8, 4) is 17.0 Å². The number of halogens is 1. The largest absolute Gasteiger partial charge is 0.470 e. The third-order valence-electron chi connectivity index (χ3n) is 6.67. The first-order chi connectivity index (χ1) is 19.1. The molecule has 1 aromatic carbocycles. The number of anilines is 1. The molecule has 3 aromatic heterocycles. The number of fused-ring (bicyclic) bond motifs is 1. The number of ether oxygens (including phenoxy) is 2. The number of allylic oxidation sites excluding steroid dienone is 2. The van der Waals surface area contributed by atoms with E-state index in [0.29, 0.717) is 23.4 Å². The second kappa shape index (κ2) is 11.1. The summed E-state index contributed by atoms with van der Waals surface area (Å²) in [6, 6.07) is 11.3. The molecule has 1 aliphatic carbocycles. The van der Waals surface area contributed by atoms with E-state index in [-0.39, 0.29) is 17.4 Å². The minimum absolute atomic E-state index is 0.277. The Hall–Kier alpha value is -4.41. The van der Waals surface area contributed by atoms with Crippen LogP contribution in [-0.4, -0.2) is 63.4 Å². The average Bonchev–Trinajstić information content (AvgIpc) is 3.38. The number of morpholine rings is 1. The van der Waals surface area contributed by atoms with E-state index in [4.69, 9.17) is 9.47 Å². The summed E-state index contributed by atoms with van der Waals surface area (Å²) in [5.74, 6) is -0.353. The van der Waals surface area contributed by atoms with Gasteiger partial charge in [-0.1, -0.05) is 12.1 Å². The van der Waals surface area contributed by atoms with Gasteiger partial charge < -0.3 is 14.8 Å². The molecule has 1 unspecified atom stereocenters. The van der Waals surface area contributed by atoms with Crippen molar-refractivity contribution in [3.05, 3.63) is 90.3 Å². The van der Waals surface area contributed by atoms with Gasteiger partial charge in [-0.2, -0.15) is 5.10 Å². The summed E-state index contributed by atoms with van der Waals surface area (Å²) in [5.41, 5.74) is 4.56. The monoisotopic (exact) mass is 526 g/mol. The fourth-order valence-electron chi connectivity index (χ4n) is 4.68. The molecule has 1 saturated heterocycles. The van der Waals surface area contributed by atoms with Crippen molar-refractivity contribution in [1.82, 2.24) is 25.1 Å². The maximum absolute atomic E-state index is 13.4. The zero-order chi connectivity index (χ0) is 26.6. The van der Waals surface area contributed by atoms with E-state index in [9.17, 15) is 9.18 Å². The molecule has 4 aromatic rings. The zero-order valence-electron chi connectivity index (χ0n) is 21.1. The molecule has 1 atom stereocenters. The number of carbonyl (C=O) groups is 1. The standard InChI is InChI=1S/C29H27FN6O3/c30-22-2-1-3-24(14-22)39-27-7-5-23(17-32-27)33-29(37)28-25-13-20(4-6-26(25)34-35-28)21-12-19(15-31-16-21)18-36-8-10-38-11-9-36/h1-2,4-7,12-17,24H,3,8-11,18H2,(H,33,37)(H,34,35). The van der Waals surface area contributed by atoms with Crippen LogP contribution in [0.2, 0.25) is 0 Å². The highest BCUT2D eigenvalue weighted by molar-refractivity contribution is 6.11. The average molecular weight is 527 g/mol. The third kappa shape index (κ3) is 5.87. The Labute approximate surface area is 224 Å². The number of carbonyl (C=O) groups excluding carboxylic acids is 1. The van der Waals surface area contributed by atoms with Crippen molar-refractivity contribution < 1.29 is 18.7 Å². The van der Waals surface area contributed by atoms with Gasteiger partial charge in [0.2, 0.25) is 5.88 Å². The molecule has 39 heavy (non-hydrogen) atoms.